The summed E-state index contributed by atoms with van der Waals surface area (Å²) >= 11 is 0. The van der Waals surface area contributed by atoms with Gasteiger partial charge in [0.25, 0.3) is 0 Å². The molecule has 4 fully saturated rings. The molecule has 5 aliphatic rings. The van der Waals surface area contributed by atoms with Crippen LogP contribution in [0, 0.1) is 56.7 Å². The number of carbonyl (C=O) groups excluding carboxylic acids is 1. The number of ether oxygens (including phenoxy) is 1. The van der Waals surface area contributed by atoms with Gasteiger partial charge in [-0.05, 0) is 121 Å². The number of rotatable bonds is 3. The van der Waals surface area contributed by atoms with E-state index in [1.807, 2.05) is 42.0 Å². The van der Waals surface area contributed by atoms with E-state index >= 15 is 0 Å². The van der Waals surface area contributed by atoms with Gasteiger partial charge in [-0.2, -0.15) is 0 Å². The molecule has 2 nitrogen and oxygen atoms in total. The second-order valence-electron chi connectivity index (χ2n) is 16.8. The third-order valence-electron chi connectivity index (χ3n) is 14.8. The Kier molecular flexibility index (Phi) is 7.03. The van der Waals surface area contributed by atoms with E-state index in [0.717, 1.165) is 36.2 Å². The average molecular weight is 557 g/mol. The fraction of sp³-hybridized carbons (Fsp3) is 0.718. The van der Waals surface area contributed by atoms with Crippen molar-refractivity contribution >= 4 is 12.0 Å². The van der Waals surface area contributed by atoms with E-state index in [2.05, 4.69) is 61.5 Å². The van der Waals surface area contributed by atoms with Crippen molar-refractivity contribution < 1.29 is 9.53 Å². The zero-order valence-corrected chi connectivity index (χ0v) is 27.3. The molecule has 0 bridgehead atoms. The van der Waals surface area contributed by atoms with Crippen LogP contribution in [0.1, 0.15) is 119 Å². The van der Waals surface area contributed by atoms with E-state index in [1.165, 1.54) is 44.9 Å². The molecule has 0 amide bonds. The van der Waals surface area contributed by atoms with Crippen LogP contribution in [0.5, 0.6) is 0 Å². The molecule has 4 saturated carbocycles. The molecule has 0 radical (unpaired) electrons. The highest BCUT2D eigenvalue weighted by atomic mass is 16.5. The van der Waals surface area contributed by atoms with Gasteiger partial charge in [-0.15, -0.1) is 0 Å². The van der Waals surface area contributed by atoms with Gasteiger partial charge in [-0.1, -0.05) is 97.4 Å². The van der Waals surface area contributed by atoms with Crippen LogP contribution in [0.3, 0.4) is 0 Å². The Hall–Kier alpha value is -1.83. The van der Waals surface area contributed by atoms with Crippen molar-refractivity contribution in [3.8, 4) is 0 Å². The van der Waals surface area contributed by atoms with E-state index in [9.17, 15) is 4.79 Å². The predicted molar refractivity (Wildman–Crippen MR) is 170 cm³/mol. The summed E-state index contributed by atoms with van der Waals surface area (Å²) in [6.45, 7) is 20.6. The first-order valence-corrected chi connectivity index (χ1v) is 16.9. The van der Waals surface area contributed by atoms with Crippen LogP contribution in [0.25, 0.3) is 6.08 Å². The van der Waals surface area contributed by atoms with E-state index in [-0.39, 0.29) is 22.9 Å². The standard InChI is InChI=1S/C39H56O2/c1-26-18-21-36(5)24-25-38(7)29(34(36)27(26)2)15-16-31-37(6)22-20-32(35(3,4)30(37)19-23-39(31,38)8)41-33(40)17-14-28-12-10-9-11-13-28/h9-15,17,26-27,30-32,34H,16,18-25H2,1-8H3/b17-14+/t26-,27+,30+,31+,32+,34-,36-,37+,38-,39+/m1/s1. The molecule has 1 aromatic rings. The van der Waals surface area contributed by atoms with Crippen molar-refractivity contribution in [2.24, 2.45) is 56.7 Å². The fourth-order valence-corrected chi connectivity index (χ4v) is 11.9. The fourth-order valence-electron chi connectivity index (χ4n) is 11.9. The van der Waals surface area contributed by atoms with E-state index in [1.54, 1.807) is 6.08 Å². The molecule has 2 heteroatoms. The molecule has 0 aromatic heterocycles. The lowest BCUT2D eigenvalue weighted by atomic mass is 9.33. The zero-order chi connectivity index (χ0) is 29.4. The van der Waals surface area contributed by atoms with Gasteiger partial charge in [-0.3, -0.25) is 0 Å². The first-order valence-electron chi connectivity index (χ1n) is 16.9. The van der Waals surface area contributed by atoms with Crippen LogP contribution in [-0.2, 0) is 9.53 Å². The maximum atomic E-state index is 13.0. The Bertz CT molecular complexity index is 1230. The number of carbonyl (C=O) groups is 1. The molecule has 0 saturated heterocycles. The summed E-state index contributed by atoms with van der Waals surface area (Å²) in [7, 11) is 0. The van der Waals surface area contributed by atoms with Gasteiger partial charge >= 0.3 is 5.97 Å². The molecule has 1 aromatic carbocycles. The van der Waals surface area contributed by atoms with Crippen LogP contribution >= 0.6 is 0 Å². The van der Waals surface area contributed by atoms with Crippen LogP contribution in [0.15, 0.2) is 48.1 Å². The molecule has 0 heterocycles. The largest absolute Gasteiger partial charge is 0.459 e. The molecule has 0 N–H and O–H groups in total. The minimum atomic E-state index is -0.199. The van der Waals surface area contributed by atoms with Crippen molar-refractivity contribution in [3.05, 3.63) is 53.6 Å². The number of benzene rings is 1. The molecule has 10 atom stereocenters. The van der Waals surface area contributed by atoms with Crippen LogP contribution in [-0.4, -0.2) is 12.1 Å². The molecule has 6 rings (SSSR count). The lowest BCUT2D eigenvalue weighted by molar-refractivity contribution is -0.211. The number of fused-ring (bicyclic) bond motifs is 7. The summed E-state index contributed by atoms with van der Waals surface area (Å²) in [6.07, 6.45) is 17.8. The van der Waals surface area contributed by atoms with Gasteiger partial charge in [0.1, 0.15) is 6.10 Å². The van der Waals surface area contributed by atoms with Crippen molar-refractivity contribution in [1.29, 1.82) is 0 Å². The topological polar surface area (TPSA) is 26.3 Å². The Morgan fingerprint density at radius 3 is 2.32 bits per heavy atom. The van der Waals surface area contributed by atoms with Gasteiger partial charge < -0.3 is 4.74 Å². The highest BCUT2D eigenvalue weighted by molar-refractivity contribution is 5.87. The van der Waals surface area contributed by atoms with Gasteiger partial charge in [0.15, 0.2) is 0 Å². The predicted octanol–water partition coefficient (Wildman–Crippen LogP) is 10.3. The molecule has 0 unspecified atom stereocenters. The molecule has 41 heavy (non-hydrogen) atoms. The minimum absolute atomic E-state index is 0.0249. The second-order valence-corrected chi connectivity index (χ2v) is 16.8. The van der Waals surface area contributed by atoms with Crippen molar-refractivity contribution in [1.82, 2.24) is 0 Å². The van der Waals surface area contributed by atoms with E-state index < -0.39 is 0 Å². The Balaban J connectivity index is 1.26. The number of allylic oxidation sites excluding steroid dienone is 2. The Labute approximate surface area is 250 Å². The quantitative estimate of drug-likeness (QED) is 0.210. The summed E-state index contributed by atoms with van der Waals surface area (Å²) in [5, 5.41) is 0. The summed E-state index contributed by atoms with van der Waals surface area (Å²) in [5.74, 6) is 3.43. The maximum absolute atomic E-state index is 13.0. The van der Waals surface area contributed by atoms with Crippen LogP contribution in [0.2, 0.25) is 0 Å². The van der Waals surface area contributed by atoms with Gasteiger partial charge in [0.2, 0.25) is 0 Å². The van der Waals surface area contributed by atoms with Gasteiger partial charge in [-0.25, -0.2) is 4.79 Å². The van der Waals surface area contributed by atoms with Gasteiger partial charge in [0.05, 0.1) is 0 Å². The van der Waals surface area contributed by atoms with E-state index in [4.69, 9.17) is 4.74 Å². The molecule has 5 aliphatic carbocycles. The lowest BCUT2D eigenvalue weighted by Crippen LogP contribution is -2.65. The number of hydrogen-bond acceptors (Lipinski definition) is 2. The third-order valence-corrected chi connectivity index (χ3v) is 14.8. The third kappa shape index (κ3) is 4.27. The first kappa shape index (κ1) is 29.3. The smallest absolute Gasteiger partial charge is 0.331 e. The molecular formula is C39H56O2. The van der Waals surface area contributed by atoms with Crippen molar-refractivity contribution in [2.45, 2.75) is 119 Å². The minimum Gasteiger partial charge on any atom is -0.459 e. The first-order chi connectivity index (χ1) is 19.3. The lowest BCUT2D eigenvalue weighted by Gasteiger charge is -2.71. The molecule has 0 aliphatic heterocycles. The van der Waals surface area contributed by atoms with Crippen LogP contribution < -0.4 is 0 Å². The maximum Gasteiger partial charge on any atom is 0.331 e. The second kappa shape index (κ2) is 9.85. The summed E-state index contributed by atoms with van der Waals surface area (Å²) < 4.78 is 6.24. The number of esters is 1. The number of hydrogen-bond donors (Lipinski definition) is 0. The molecular weight excluding hydrogens is 500 g/mol. The van der Waals surface area contributed by atoms with Crippen LogP contribution in [0.4, 0.5) is 0 Å². The van der Waals surface area contributed by atoms with Crippen molar-refractivity contribution in [3.63, 3.8) is 0 Å². The monoisotopic (exact) mass is 556 g/mol. The normalized spacial score (nSPS) is 46.9. The highest BCUT2D eigenvalue weighted by Gasteiger charge is 2.68. The van der Waals surface area contributed by atoms with Gasteiger partial charge in [0, 0.05) is 11.5 Å². The Morgan fingerprint density at radius 1 is 0.854 bits per heavy atom. The highest BCUT2D eigenvalue weighted by Crippen LogP contribution is 2.75. The van der Waals surface area contributed by atoms with Crippen molar-refractivity contribution in [2.75, 3.05) is 0 Å². The zero-order valence-electron chi connectivity index (χ0n) is 27.3. The Morgan fingerprint density at radius 2 is 1.59 bits per heavy atom. The molecule has 0 spiro atoms. The summed E-state index contributed by atoms with van der Waals surface area (Å²) in [6, 6.07) is 10.0. The summed E-state index contributed by atoms with van der Waals surface area (Å²) in [4.78, 5) is 13.0. The SMILES string of the molecule is C[C@H]1[C@H](C)CC[C@]2(C)CC[C@]3(C)C(=CC[C@H]4[C@@]5(C)CC[C@H](OC(=O)/C=C/c6ccccc6)C(C)(C)[C@@H]5CC[C@@]43C)[C@@H]12. The average Bonchev–Trinajstić information content (AvgIpc) is 2.93. The molecule has 224 valence electrons. The van der Waals surface area contributed by atoms with E-state index in [0.29, 0.717) is 28.1 Å². The summed E-state index contributed by atoms with van der Waals surface area (Å²) in [5.41, 5.74) is 4.25.